The molecule has 0 unspecified atom stereocenters. The average Bonchev–Trinajstić information content (AvgIpc) is 3.49. The second-order valence-corrected chi connectivity index (χ2v) is 15.4. The Morgan fingerprint density at radius 2 is 0.257 bits per heavy atom. The average molecular weight is 1300 g/mol. The summed E-state index contributed by atoms with van der Waals surface area (Å²) in [5.41, 5.74) is 13.8. The molecule has 0 radical (unpaired) electrons. The Morgan fingerprint density at radius 3 is 0.365 bits per heavy atom. The third-order valence-corrected chi connectivity index (χ3v) is 10.4. The van der Waals surface area contributed by atoms with Crippen LogP contribution in [0, 0.1) is 0 Å². The van der Waals surface area contributed by atoms with Gasteiger partial charge in [-0.2, -0.15) is 0 Å². The Hall–Kier alpha value is -8.82. The number of pyridine rings is 12. The van der Waals surface area contributed by atoms with Gasteiger partial charge in [-0.1, -0.05) is 72.8 Å². The first-order valence-corrected chi connectivity index (χ1v) is 22.9. The molecule has 0 aliphatic rings. The maximum absolute atomic E-state index is 4.59. The van der Waals surface area contributed by atoms with Crippen LogP contribution in [0.25, 0.3) is 91.1 Å². The van der Waals surface area contributed by atoms with Crippen LogP contribution in [0.2, 0.25) is 0 Å². The summed E-state index contributed by atoms with van der Waals surface area (Å²) in [6, 6.07) is 69.9. The van der Waals surface area contributed by atoms with E-state index in [1.54, 1.807) is 49.6 Å². The molecule has 0 amide bonds. The van der Waals surface area contributed by atoms with E-state index in [9.17, 15) is 0 Å². The Kier molecular flexibility index (Phi) is 20.2. The van der Waals surface area contributed by atoms with Crippen molar-refractivity contribution >= 4 is 0 Å². The summed E-state index contributed by atoms with van der Waals surface area (Å²) >= 11 is 0. The molecule has 0 saturated heterocycles. The fraction of sp³-hybridized carbons (Fsp3) is 0. The monoisotopic (exact) mass is 1300 g/mol. The van der Waals surface area contributed by atoms with Gasteiger partial charge in [0, 0.05) is 91.7 Å². The summed E-state index contributed by atoms with van der Waals surface area (Å²) in [5, 5.41) is 0. The Labute approximate surface area is 457 Å². The molecule has 0 N–H and O–H groups in total. The van der Waals surface area contributed by atoms with E-state index in [0.717, 1.165) is 91.1 Å². The second-order valence-electron chi connectivity index (χ2n) is 15.4. The maximum Gasteiger partial charge on any atom is 0.0894 e. The molecule has 12 nitrogen and oxygen atoms in total. The molecule has 0 saturated carbocycles. The smallest absolute Gasteiger partial charge is 0.0894 e. The summed E-state index contributed by atoms with van der Waals surface area (Å²) in [6.45, 7) is 0. The minimum atomic E-state index is 0. The predicted molar refractivity (Wildman–Crippen MR) is 283 cm³/mol. The molecule has 0 aromatic carbocycles. The Balaban J connectivity index is 0.000000143. The zero-order chi connectivity index (χ0) is 48.8. The molecule has 12 aromatic heterocycles. The molecule has 0 fully saturated rings. The van der Waals surface area contributed by atoms with Crippen molar-refractivity contribution < 1.29 is 42.1 Å². The fourth-order valence-electron chi connectivity index (χ4n) is 6.99. The van der Waals surface area contributed by atoms with Gasteiger partial charge in [-0.05, 0) is 146 Å². The van der Waals surface area contributed by atoms with Crippen LogP contribution >= 0.6 is 0 Å². The topological polar surface area (TPSA) is 155 Å². The number of hydrogen-bond donors (Lipinski definition) is 0. The minimum Gasteiger partial charge on any atom is -0.255 e. The van der Waals surface area contributed by atoms with Crippen molar-refractivity contribution in [1.82, 2.24) is 59.8 Å². The molecule has 0 aliphatic carbocycles. The maximum atomic E-state index is 4.59. The summed E-state index contributed by atoms with van der Waals surface area (Å²) in [5.74, 6) is 0. The van der Waals surface area contributed by atoms with Gasteiger partial charge in [-0.3, -0.25) is 39.9 Å². The van der Waals surface area contributed by atoms with Crippen LogP contribution < -0.4 is 0 Å². The van der Waals surface area contributed by atoms with E-state index >= 15 is 0 Å². The predicted octanol–water partition coefficient (Wildman–Crippen LogP) is 12.8. The van der Waals surface area contributed by atoms with E-state index in [2.05, 4.69) is 59.8 Å². The molecule has 0 aliphatic heterocycles. The van der Waals surface area contributed by atoms with Crippen LogP contribution in [0.15, 0.2) is 268 Å². The van der Waals surface area contributed by atoms with E-state index in [4.69, 9.17) is 0 Å². The molecule has 0 atom stereocenters. The first-order chi connectivity index (χ1) is 35.7. The van der Waals surface area contributed by atoms with Gasteiger partial charge in [0.05, 0.1) is 91.1 Å². The van der Waals surface area contributed by atoms with Crippen LogP contribution in [0.5, 0.6) is 0 Å². The number of hydrogen-bond acceptors (Lipinski definition) is 12. The molecule has 12 rings (SSSR count). The zero-order valence-electron chi connectivity index (χ0n) is 39.6. The SMILES string of the molecule is [W].[W].c1ccc(-c2cccc(-c3ccccn3)n2)nc1.c1ccc(-c2cccc(-c3ccccn3)n2)nc1.c1ccc(-c2cccc(-c3ccccn3)n2)nc1.c1ccc(-c2cccc(-c3ccccn3)n2)nc1. The van der Waals surface area contributed by atoms with Crippen LogP contribution in [-0.4, -0.2) is 59.8 Å². The molecule has 0 bridgehead atoms. The zero-order valence-corrected chi connectivity index (χ0v) is 45.5. The van der Waals surface area contributed by atoms with Crippen molar-refractivity contribution in [2.75, 3.05) is 0 Å². The molecule has 74 heavy (non-hydrogen) atoms. The second kappa shape index (κ2) is 28.3. The first-order valence-electron chi connectivity index (χ1n) is 22.9. The third-order valence-electron chi connectivity index (χ3n) is 10.4. The van der Waals surface area contributed by atoms with Gasteiger partial charge in [0.25, 0.3) is 0 Å². The van der Waals surface area contributed by atoms with E-state index in [-0.39, 0.29) is 42.1 Å². The molecule has 14 heteroatoms. The van der Waals surface area contributed by atoms with Gasteiger partial charge in [-0.25, -0.2) is 19.9 Å². The van der Waals surface area contributed by atoms with Gasteiger partial charge >= 0.3 is 0 Å². The summed E-state index contributed by atoms with van der Waals surface area (Å²) in [4.78, 5) is 52.8. The first kappa shape index (κ1) is 53.0. The van der Waals surface area contributed by atoms with Gasteiger partial charge in [0.15, 0.2) is 0 Å². The Morgan fingerprint density at radius 1 is 0.135 bits per heavy atom. The number of aromatic nitrogens is 12. The van der Waals surface area contributed by atoms with E-state index in [1.165, 1.54) is 0 Å². The van der Waals surface area contributed by atoms with Crippen molar-refractivity contribution in [3.63, 3.8) is 0 Å². The van der Waals surface area contributed by atoms with E-state index in [0.29, 0.717) is 0 Å². The van der Waals surface area contributed by atoms with Crippen LogP contribution in [-0.2, 0) is 42.1 Å². The largest absolute Gasteiger partial charge is 0.255 e. The van der Waals surface area contributed by atoms with E-state index in [1.807, 2.05) is 218 Å². The quantitative estimate of drug-likeness (QED) is 0.142. The normalized spacial score (nSPS) is 9.95. The number of nitrogens with zero attached hydrogens (tertiary/aromatic N) is 12. The van der Waals surface area contributed by atoms with E-state index < -0.39 is 0 Å². The van der Waals surface area contributed by atoms with Gasteiger partial charge in [-0.15, -0.1) is 0 Å². The Bertz CT molecular complexity index is 2810. The van der Waals surface area contributed by atoms with Crippen molar-refractivity contribution in [3.8, 4) is 91.1 Å². The third kappa shape index (κ3) is 15.1. The molecule has 0 spiro atoms. The summed E-state index contributed by atoms with van der Waals surface area (Å²) in [6.07, 6.45) is 14.1. The van der Waals surface area contributed by atoms with Gasteiger partial charge < -0.3 is 0 Å². The fourth-order valence-corrected chi connectivity index (χ4v) is 6.99. The van der Waals surface area contributed by atoms with Crippen molar-refractivity contribution in [2.45, 2.75) is 0 Å². The molecular weight excluding hydrogens is 1260 g/mol. The number of rotatable bonds is 8. The standard InChI is InChI=1S/4C15H11N3.2W/c4*1-3-10-16-12(6-1)14-8-5-9-15(18-14)13-7-2-4-11-17-13;;/h4*1-11H;;. The molecular formula is C60H44N12W2. The van der Waals surface area contributed by atoms with Crippen molar-refractivity contribution in [3.05, 3.63) is 268 Å². The minimum absolute atomic E-state index is 0. The van der Waals surface area contributed by atoms with Crippen LogP contribution in [0.1, 0.15) is 0 Å². The summed E-state index contributed by atoms with van der Waals surface area (Å²) < 4.78 is 0. The van der Waals surface area contributed by atoms with Gasteiger partial charge in [0.1, 0.15) is 0 Å². The summed E-state index contributed by atoms with van der Waals surface area (Å²) in [7, 11) is 0. The van der Waals surface area contributed by atoms with Crippen molar-refractivity contribution in [1.29, 1.82) is 0 Å². The van der Waals surface area contributed by atoms with Crippen LogP contribution in [0.3, 0.4) is 0 Å². The van der Waals surface area contributed by atoms with Gasteiger partial charge in [0.2, 0.25) is 0 Å². The molecule has 356 valence electrons. The molecule has 12 aromatic rings. The molecule has 12 heterocycles. The van der Waals surface area contributed by atoms with Crippen molar-refractivity contribution in [2.24, 2.45) is 0 Å². The van der Waals surface area contributed by atoms with Crippen LogP contribution in [0.4, 0.5) is 0 Å².